The SMILES string of the molecule is CCCn1nnc(-c2ccccc2)c1-c1c(Cl)c(Cl)cc2nc(OC)c(OC)nc12. The number of nitrogens with zero attached hydrogens (tertiary/aromatic N) is 5. The number of ether oxygens (including phenoxy) is 2. The number of hydrogen-bond acceptors (Lipinski definition) is 6. The second-order valence-corrected chi connectivity index (χ2v) is 7.32. The monoisotopic (exact) mass is 443 g/mol. The van der Waals surface area contributed by atoms with Crippen LogP contribution in [0.4, 0.5) is 0 Å². The average molecular weight is 444 g/mol. The maximum absolute atomic E-state index is 6.72. The molecule has 4 rings (SSSR count). The van der Waals surface area contributed by atoms with E-state index in [1.54, 1.807) is 6.07 Å². The number of aromatic nitrogens is 5. The number of hydrogen-bond donors (Lipinski definition) is 0. The highest BCUT2D eigenvalue weighted by molar-refractivity contribution is 6.45. The molecule has 30 heavy (non-hydrogen) atoms. The zero-order chi connectivity index (χ0) is 21.3. The van der Waals surface area contributed by atoms with Gasteiger partial charge in [0.25, 0.3) is 11.8 Å². The van der Waals surface area contributed by atoms with Crippen molar-refractivity contribution in [2.45, 2.75) is 19.9 Å². The summed E-state index contributed by atoms with van der Waals surface area (Å²) in [5.41, 5.74) is 3.98. The van der Waals surface area contributed by atoms with Crippen LogP contribution in [-0.2, 0) is 6.54 Å². The highest BCUT2D eigenvalue weighted by Gasteiger charge is 2.25. The van der Waals surface area contributed by atoms with E-state index in [9.17, 15) is 0 Å². The van der Waals surface area contributed by atoms with Gasteiger partial charge in [-0.2, -0.15) is 0 Å². The van der Waals surface area contributed by atoms with E-state index in [0.717, 1.165) is 17.7 Å². The van der Waals surface area contributed by atoms with Gasteiger partial charge in [0.15, 0.2) is 0 Å². The third kappa shape index (κ3) is 3.44. The molecule has 2 aromatic carbocycles. The van der Waals surface area contributed by atoms with Gasteiger partial charge in [-0.25, -0.2) is 14.6 Å². The van der Waals surface area contributed by atoms with Crippen LogP contribution >= 0.6 is 23.2 Å². The Balaban J connectivity index is 2.11. The second kappa shape index (κ2) is 8.45. The van der Waals surface area contributed by atoms with Gasteiger partial charge < -0.3 is 9.47 Å². The van der Waals surface area contributed by atoms with E-state index < -0.39 is 0 Å². The molecule has 0 amide bonds. The molecule has 0 saturated heterocycles. The molecular weight excluding hydrogens is 425 g/mol. The Hall–Kier alpha value is -2.90. The topological polar surface area (TPSA) is 75.0 Å². The van der Waals surface area contributed by atoms with E-state index >= 15 is 0 Å². The Morgan fingerprint density at radius 2 is 1.70 bits per heavy atom. The molecule has 0 unspecified atom stereocenters. The lowest BCUT2D eigenvalue weighted by Gasteiger charge is -2.14. The molecule has 0 saturated carbocycles. The molecule has 2 aromatic heterocycles. The number of aryl methyl sites for hydroxylation is 1. The molecule has 0 bridgehead atoms. The van der Waals surface area contributed by atoms with Crippen LogP contribution in [0.15, 0.2) is 36.4 Å². The second-order valence-electron chi connectivity index (χ2n) is 6.53. The minimum atomic E-state index is 0.250. The summed E-state index contributed by atoms with van der Waals surface area (Å²) in [7, 11) is 3.01. The van der Waals surface area contributed by atoms with E-state index in [2.05, 4.69) is 27.2 Å². The molecule has 0 radical (unpaired) electrons. The van der Waals surface area contributed by atoms with Crippen molar-refractivity contribution in [2.75, 3.05) is 14.2 Å². The van der Waals surface area contributed by atoms with E-state index in [1.165, 1.54) is 14.2 Å². The maximum Gasteiger partial charge on any atom is 0.278 e. The van der Waals surface area contributed by atoms with E-state index in [1.807, 2.05) is 35.0 Å². The molecule has 0 aliphatic rings. The Morgan fingerprint density at radius 3 is 2.37 bits per heavy atom. The molecule has 0 N–H and O–H groups in total. The van der Waals surface area contributed by atoms with Crippen molar-refractivity contribution in [3.63, 3.8) is 0 Å². The summed E-state index contributed by atoms with van der Waals surface area (Å²) in [6.07, 6.45) is 0.865. The molecule has 0 fully saturated rings. The zero-order valence-corrected chi connectivity index (χ0v) is 18.2. The fourth-order valence-corrected chi connectivity index (χ4v) is 3.74. The Morgan fingerprint density at radius 1 is 1.00 bits per heavy atom. The largest absolute Gasteiger partial charge is 0.477 e. The van der Waals surface area contributed by atoms with Crippen LogP contribution in [0, 0.1) is 0 Å². The summed E-state index contributed by atoms with van der Waals surface area (Å²) in [4.78, 5) is 9.15. The molecule has 7 nitrogen and oxygen atoms in total. The minimum Gasteiger partial charge on any atom is -0.477 e. The summed E-state index contributed by atoms with van der Waals surface area (Å²) in [5, 5.41) is 9.52. The van der Waals surface area contributed by atoms with Gasteiger partial charge in [0.05, 0.1) is 35.3 Å². The molecule has 154 valence electrons. The fourth-order valence-electron chi connectivity index (χ4n) is 3.31. The van der Waals surface area contributed by atoms with Crippen LogP contribution in [0.2, 0.25) is 10.0 Å². The lowest BCUT2D eigenvalue weighted by Crippen LogP contribution is -2.04. The first-order valence-electron chi connectivity index (χ1n) is 9.36. The van der Waals surface area contributed by atoms with Gasteiger partial charge in [0.2, 0.25) is 0 Å². The maximum atomic E-state index is 6.72. The molecule has 4 aromatic rings. The number of benzene rings is 2. The molecule has 0 atom stereocenters. The quantitative estimate of drug-likeness (QED) is 0.402. The summed E-state index contributed by atoms with van der Waals surface area (Å²) in [6, 6.07) is 11.4. The first-order valence-corrected chi connectivity index (χ1v) is 10.1. The van der Waals surface area contributed by atoms with E-state index in [0.29, 0.717) is 38.9 Å². The van der Waals surface area contributed by atoms with Gasteiger partial charge in [0, 0.05) is 12.1 Å². The lowest BCUT2D eigenvalue weighted by atomic mass is 10.0. The van der Waals surface area contributed by atoms with Crippen molar-refractivity contribution in [3.05, 3.63) is 46.4 Å². The van der Waals surface area contributed by atoms with Crippen LogP contribution in [-0.4, -0.2) is 39.2 Å². The van der Waals surface area contributed by atoms with Crippen LogP contribution in [0.1, 0.15) is 13.3 Å². The van der Waals surface area contributed by atoms with Crippen LogP contribution < -0.4 is 9.47 Å². The van der Waals surface area contributed by atoms with Crippen molar-refractivity contribution < 1.29 is 9.47 Å². The molecule has 0 aliphatic heterocycles. The number of fused-ring (bicyclic) bond motifs is 1. The predicted octanol–water partition coefficient (Wildman–Crippen LogP) is 5.29. The van der Waals surface area contributed by atoms with Gasteiger partial charge >= 0.3 is 0 Å². The van der Waals surface area contributed by atoms with E-state index in [-0.39, 0.29) is 11.8 Å². The molecular formula is C21H19Cl2N5O2. The van der Waals surface area contributed by atoms with Gasteiger partial charge in [-0.05, 0) is 12.5 Å². The summed E-state index contributed by atoms with van der Waals surface area (Å²) >= 11 is 13.2. The molecule has 0 spiro atoms. The number of methoxy groups -OCH3 is 2. The first-order chi connectivity index (χ1) is 14.6. The predicted molar refractivity (Wildman–Crippen MR) is 117 cm³/mol. The highest BCUT2D eigenvalue weighted by atomic mass is 35.5. The van der Waals surface area contributed by atoms with Crippen LogP contribution in [0.3, 0.4) is 0 Å². The van der Waals surface area contributed by atoms with Crippen molar-refractivity contribution in [3.8, 4) is 34.3 Å². The van der Waals surface area contributed by atoms with Crippen LogP contribution in [0.5, 0.6) is 11.8 Å². The third-order valence-electron chi connectivity index (χ3n) is 4.63. The van der Waals surface area contributed by atoms with Crippen molar-refractivity contribution in [1.29, 1.82) is 0 Å². The number of rotatable bonds is 6. The summed E-state index contributed by atoms with van der Waals surface area (Å²) in [6.45, 7) is 2.72. The average Bonchev–Trinajstić information content (AvgIpc) is 3.18. The lowest BCUT2D eigenvalue weighted by molar-refractivity contribution is 0.334. The van der Waals surface area contributed by atoms with Crippen molar-refractivity contribution in [1.82, 2.24) is 25.0 Å². The smallest absolute Gasteiger partial charge is 0.278 e. The fraction of sp³-hybridized carbons (Fsp3) is 0.238. The minimum absolute atomic E-state index is 0.250. The van der Waals surface area contributed by atoms with E-state index in [4.69, 9.17) is 32.7 Å². The highest BCUT2D eigenvalue weighted by Crippen LogP contribution is 2.43. The zero-order valence-electron chi connectivity index (χ0n) is 16.7. The normalized spacial score (nSPS) is 11.1. The molecule has 9 heteroatoms. The molecule has 2 heterocycles. The third-order valence-corrected chi connectivity index (χ3v) is 5.42. The Labute approximate surface area is 183 Å². The van der Waals surface area contributed by atoms with Gasteiger partial charge in [-0.1, -0.05) is 65.7 Å². The van der Waals surface area contributed by atoms with Crippen LogP contribution in [0.25, 0.3) is 33.5 Å². The van der Waals surface area contributed by atoms with Crippen molar-refractivity contribution in [2.24, 2.45) is 0 Å². The Bertz CT molecular complexity index is 1210. The van der Waals surface area contributed by atoms with Gasteiger partial charge in [-0.3, -0.25) is 0 Å². The first kappa shape index (κ1) is 20.4. The summed E-state index contributed by atoms with van der Waals surface area (Å²) in [5.74, 6) is 0.512. The standard InChI is InChI=1S/C21H19Cl2N5O2/c1-4-10-28-19(17(26-27-28)12-8-6-5-7-9-12)15-16(23)13(22)11-14-18(15)25-21(30-3)20(24-14)29-2/h5-9,11H,4,10H2,1-3H3. The van der Waals surface area contributed by atoms with Gasteiger partial charge in [0.1, 0.15) is 16.9 Å². The summed E-state index contributed by atoms with van der Waals surface area (Å²) < 4.78 is 12.5. The number of halogens is 2. The van der Waals surface area contributed by atoms with Gasteiger partial charge in [-0.15, -0.1) is 5.10 Å². The Kier molecular flexibility index (Phi) is 5.74. The molecule has 0 aliphatic carbocycles. The van der Waals surface area contributed by atoms with Crippen molar-refractivity contribution >= 4 is 34.2 Å².